The van der Waals surface area contributed by atoms with Crippen molar-refractivity contribution in [2.45, 2.75) is 26.0 Å². The lowest BCUT2D eigenvalue weighted by Crippen LogP contribution is -2.37. The number of alkyl halides is 1. The average molecular weight is 370 g/mol. The van der Waals surface area contributed by atoms with Gasteiger partial charge in [-0.3, -0.25) is 9.38 Å². The Kier molecular flexibility index (Phi) is 7.41. The SMILES string of the molecule is C=C(NC(C)c1cccc(C=NC)c1)C1COc2cc(C)ccc2O1.CF. The second-order valence-electron chi connectivity index (χ2n) is 6.32. The number of nitrogens with one attached hydrogen (secondary N) is 1. The summed E-state index contributed by atoms with van der Waals surface area (Å²) < 4.78 is 21.4. The summed E-state index contributed by atoms with van der Waals surface area (Å²) in [6.07, 6.45) is 1.64. The Morgan fingerprint density at radius 1 is 1.26 bits per heavy atom. The minimum absolute atomic E-state index is 0.112. The Morgan fingerprint density at radius 3 is 2.78 bits per heavy atom. The van der Waals surface area contributed by atoms with E-state index in [9.17, 15) is 4.39 Å². The van der Waals surface area contributed by atoms with Gasteiger partial charge in [0.05, 0.1) is 7.18 Å². The molecule has 0 aromatic heterocycles. The normalized spacial score (nSPS) is 16.3. The molecule has 2 atom stereocenters. The van der Waals surface area contributed by atoms with E-state index in [-0.39, 0.29) is 12.1 Å². The van der Waals surface area contributed by atoms with Gasteiger partial charge in [0.2, 0.25) is 0 Å². The zero-order chi connectivity index (χ0) is 19.8. The minimum Gasteiger partial charge on any atom is -0.485 e. The fraction of sp³-hybridized carbons (Fsp3) is 0.318. The molecule has 2 aromatic carbocycles. The third-order valence-corrected chi connectivity index (χ3v) is 4.24. The van der Waals surface area contributed by atoms with Crippen molar-refractivity contribution in [1.29, 1.82) is 0 Å². The fourth-order valence-electron chi connectivity index (χ4n) is 2.86. The van der Waals surface area contributed by atoms with Crippen molar-refractivity contribution in [1.82, 2.24) is 5.32 Å². The molecule has 1 heterocycles. The highest BCUT2D eigenvalue weighted by Crippen LogP contribution is 2.33. The van der Waals surface area contributed by atoms with Gasteiger partial charge in [-0.1, -0.05) is 30.8 Å². The molecule has 0 saturated carbocycles. The maximum Gasteiger partial charge on any atom is 0.171 e. The number of aliphatic imine (C=N–C) groups is 1. The fourth-order valence-corrected chi connectivity index (χ4v) is 2.86. The zero-order valence-corrected chi connectivity index (χ0v) is 16.3. The van der Waals surface area contributed by atoms with Crippen LogP contribution >= 0.6 is 0 Å². The van der Waals surface area contributed by atoms with Crippen LogP contribution in [0.1, 0.15) is 29.7 Å². The Bertz CT molecular complexity index is 805. The van der Waals surface area contributed by atoms with E-state index >= 15 is 0 Å². The molecule has 0 fully saturated rings. The molecular formula is C22H27FN2O2. The van der Waals surface area contributed by atoms with E-state index in [0.717, 1.165) is 28.3 Å². The topological polar surface area (TPSA) is 42.9 Å². The molecule has 3 rings (SSSR count). The molecule has 1 N–H and O–H groups in total. The second-order valence-corrected chi connectivity index (χ2v) is 6.32. The molecule has 1 aliphatic rings. The lowest BCUT2D eigenvalue weighted by Gasteiger charge is -2.30. The number of halogens is 1. The van der Waals surface area contributed by atoms with Crippen LogP contribution in [0.2, 0.25) is 0 Å². The van der Waals surface area contributed by atoms with Crippen LogP contribution in [0.15, 0.2) is 59.7 Å². The van der Waals surface area contributed by atoms with E-state index in [2.05, 4.69) is 35.9 Å². The summed E-state index contributed by atoms with van der Waals surface area (Å²) in [5.74, 6) is 1.56. The van der Waals surface area contributed by atoms with Crippen LogP contribution in [0, 0.1) is 6.92 Å². The van der Waals surface area contributed by atoms with Gasteiger partial charge in [-0.25, -0.2) is 0 Å². The number of hydrogen-bond donors (Lipinski definition) is 1. The summed E-state index contributed by atoms with van der Waals surface area (Å²) in [4.78, 5) is 4.07. The summed E-state index contributed by atoms with van der Waals surface area (Å²) in [6, 6.07) is 14.3. The van der Waals surface area contributed by atoms with Gasteiger partial charge in [0.15, 0.2) is 17.6 Å². The van der Waals surface area contributed by atoms with Gasteiger partial charge in [0, 0.05) is 25.0 Å². The van der Waals surface area contributed by atoms with Crippen molar-refractivity contribution in [3.63, 3.8) is 0 Å². The maximum absolute atomic E-state index is 9.50. The van der Waals surface area contributed by atoms with Crippen molar-refractivity contribution in [2.75, 3.05) is 20.8 Å². The van der Waals surface area contributed by atoms with Crippen LogP contribution in [0.5, 0.6) is 11.5 Å². The van der Waals surface area contributed by atoms with Gasteiger partial charge in [-0.15, -0.1) is 0 Å². The van der Waals surface area contributed by atoms with E-state index in [4.69, 9.17) is 9.47 Å². The number of nitrogens with zero attached hydrogens (tertiary/aromatic N) is 1. The van der Waals surface area contributed by atoms with Crippen LogP contribution in [-0.2, 0) is 0 Å². The highest BCUT2D eigenvalue weighted by atomic mass is 19.1. The molecule has 5 heteroatoms. The molecule has 0 amide bonds. The summed E-state index contributed by atoms with van der Waals surface area (Å²) in [5.41, 5.74) is 4.22. The van der Waals surface area contributed by atoms with Gasteiger partial charge in [-0.05, 0) is 48.7 Å². The molecule has 2 aromatic rings. The largest absolute Gasteiger partial charge is 0.485 e. The summed E-state index contributed by atoms with van der Waals surface area (Å²) in [5, 5.41) is 3.43. The lowest BCUT2D eigenvalue weighted by molar-refractivity contribution is 0.109. The molecule has 1 aliphatic heterocycles. The summed E-state index contributed by atoms with van der Waals surface area (Å²) in [7, 11) is 2.27. The Balaban J connectivity index is 0.00000126. The first-order valence-electron chi connectivity index (χ1n) is 8.82. The number of ether oxygens (including phenoxy) is 2. The second kappa shape index (κ2) is 9.76. The van der Waals surface area contributed by atoms with Crippen molar-refractivity contribution in [3.8, 4) is 11.5 Å². The van der Waals surface area contributed by atoms with Crippen LogP contribution in [0.4, 0.5) is 4.39 Å². The molecule has 0 bridgehead atoms. The van der Waals surface area contributed by atoms with Crippen molar-refractivity contribution < 1.29 is 13.9 Å². The first kappa shape index (κ1) is 20.5. The van der Waals surface area contributed by atoms with Crippen LogP contribution in [0.3, 0.4) is 0 Å². The van der Waals surface area contributed by atoms with Crippen LogP contribution in [-0.4, -0.2) is 33.2 Å². The monoisotopic (exact) mass is 370 g/mol. The van der Waals surface area contributed by atoms with Gasteiger partial charge in [0.1, 0.15) is 6.61 Å². The number of benzene rings is 2. The quantitative estimate of drug-likeness (QED) is 0.780. The molecule has 27 heavy (non-hydrogen) atoms. The van der Waals surface area contributed by atoms with E-state index in [1.165, 1.54) is 5.56 Å². The van der Waals surface area contributed by atoms with E-state index in [0.29, 0.717) is 13.8 Å². The standard InChI is InChI=1S/C21H24N2O2.CH3F/c1-14-8-9-19-20(10-14)24-13-21(25-19)16(3)23-15(2)18-7-5-6-17(11-18)12-22-4;1-2/h5-12,15,21,23H,3,13H2,1-2,4H3;1H3. The summed E-state index contributed by atoms with van der Waals surface area (Å²) >= 11 is 0. The third-order valence-electron chi connectivity index (χ3n) is 4.24. The average Bonchev–Trinajstić information content (AvgIpc) is 2.69. The molecule has 2 unspecified atom stereocenters. The zero-order valence-electron chi connectivity index (χ0n) is 16.3. The van der Waals surface area contributed by atoms with Crippen molar-refractivity contribution in [3.05, 3.63) is 71.4 Å². The molecule has 144 valence electrons. The molecular weight excluding hydrogens is 343 g/mol. The molecule has 0 saturated heterocycles. The van der Waals surface area contributed by atoms with Gasteiger partial charge < -0.3 is 14.8 Å². The number of hydrogen-bond acceptors (Lipinski definition) is 4. The van der Waals surface area contributed by atoms with Crippen molar-refractivity contribution >= 4 is 6.21 Å². The number of fused-ring (bicyclic) bond motifs is 1. The van der Waals surface area contributed by atoms with Crippen LogP contribution < -0.4 is 14.8 Å². The summed E-state index contributed by atoms with van der Waals surface area (Å²) in [6.45, 7) is 8.75. The Labute approximate surface area is 160 Å². The van der Waals surface area contributed by atoms with Gasteiger partial charge >= 0.3 is 0 Å². The highest BCUT2D eigenvalue weighted by Gasteiger charge is 2.24. The predicted octanol–water partition coefficient (Wildman–Crippen LogP) is 4.63. The molecule has 0 aliphatic carbocycles. The van der Waals surface area contributed by atoms with E-state index in [1.807, 2.05) is 43.5 Å². The lowest BCUT2D eigenvalue weighted by atomic mass is 10.0. The molecule has 0 spiro atoms. The third kappa shape index (κ3) is 5.33. The minimum atomic E-state index is -0.210. The van der Waals surface area contributed by atoms with Crippen LogP contribution in [0.25, 0.3) is 0 Å². The van der Waals surface area contributed by atoms with Crippen molar-refractivity contribution in [2.24, 2.45) is 4.99 Å². The van der Waals surface area contributed by atoms with E-state index < -0.39 is 0 Å². The number of aryl methyl sites for hydroxylation is 1. The maximum atomic E-state index is 9.50. The first-order chi connectivity index (χ1) is 13.1. The van der Waals surface area contributed by atoms with Gasteiger partial charge in [-0.2, -0.15) is 0 Å². The number of rotatable bonds is 5. The Morgan fingerprint density at radius 2 is 2.04 bits per heavy atom. The first-order valence-corrected chi connectivity index (χ1v) is 8.82. The smallest absolute Gasteiger partial charge is 0.171 e. The molecule has 0 radical (unpaired) electrons. The predicted molar refractivity (Wildman–Crippen MR) is 109 cm³/mol. The van der Waals surface area contributed by atoms with E-state index in [1.54, 1.807) is 7.05 Å². The van der Waals surface area contributed by atoms with Gasteiger partial charge in [0.25, 0.3) is 0 Å². The Hall–Kier alpha value is -2.82. The highest BCUT2D eigenvalue weighted by molar-refractivity contribution is 5.79. The molecule has 4 nitrogen and oxygen atoms in total.